The fourth-order valence-electron chi connectivity index (χ4n) is 3.05. The van der Waals surface area contributed by atoms with Crippen LogP contribution < -0.4 is 10.1 Å². The normalized spacial score (nSPS) is 11.3. The lowest BCUT2D eigenvalue weighted by Gasteiger charge is -2.19. The number of aliphatic hydroxyl groups excluding tert-OH is 1. The number of nitrogens with zero attached hydrogens (tertiary/aromatic N) is 1. The van der Waals surface area contributed by atoms with Crippen LogP contribution in [0.5, 0.6) is 5.75 Å². The van der Waals surface area contributed by atoms with E-state index in [4.69, 9.17) is 4.74 Å². The summed E-state index contributed by atoms with van der Waals surface area (Å²) < 4.78 is 7.00. The third-order valence-corrected chi connectivity index (χ3v) is 6.03. The van der Waals surface area contributed by atoms with Crippen molar-refractivity contribution in [3.05, 3.63) is 64.8 Å². The van der Waals surface area contributed by atoms with E-state index in [1.807, 2.05) is 57.8 Å². The van der Waals surface area contributed by atoms with Crippen LogP contribution >= 0.6 is 27.7 Å². The number of nitrogens with one attached hydrogen (secondary N) is 1. The first-order chi connectivity index (χ1) is 15.5. The highest BCUT2D eigenvalue weighted by atomic mass is 79.9. The quantitative estimate of drug-likeness (QED) is 0.283. The molecule has 2 aromatic carbocycles. The number of anilines is 2. The average molecular weight is 518 g/mol. The monoisotopic (exact) mass is 516 g/mol. The molecule has 3 aromatic rings. The molecule has 6 heteroatoms. The van der Waals surface area contributed by atoms with Crippen LogP contribution in [0, 0.1) is 6.92 Å². The van der Waals surface area contributed by atoms with Gasteiger partial charge in [-0.2, -0.15) is 0 Å². The molecule has 1 aromatic heterocycles. The molecule has 0 aliphatic rings. The first-order valence-electron chi connectivity index (χ1n) is 11.0. The molecule has 172 valence electrons. The fourth-order valence-corrected chi connectivity index (χ4v) is 4.33. The lowest BCUT2D eigenvalue weighted by molar-refractivity contribution is 0.169. The van der Waals surface area contributed by atoms with Gasteiger partial charge in [-0.25, -0.2) is 4.98 Å². The van der Waals surface area contributed by atoms with E-state index in [1.54, 1.807) is 0 Å². The van der Waals surface area contributed by atoms with E-state index >= 15 is 0 Å². The number of benzene rings is 2. The van der Waals surface area contributed by atoms with Crippen LogP contribution in [-0.4, -0.2) is 28.6 Å². The van der Waals surface area contributed by atoms with Crippen LogP contribution in [0.15, 0.2) is 64.1 Å². The molecule has 0 amide bonds. The molecular weight excluding hydrogens is 484 g/mol. The van der Waals surface area contributed by atoms with Gasteiger partial charge in [0.25, 0.3) is 0 Å². The standard InChI is InChI=1S/C24H27BrN2O2S.C2H6/c1-4-30-20-7-5-6-18(13-20)19-8-9-23(29-17(3)10-11-28)22(14-19)27-24-21(25)12-16(2)15-26-24;1-2/h5-9,12-15,17,28H,4,10-11H2,1-3H3,(H,26,27);1-2H3. The number of hydrogen-bond donors (Lipinski definition) is 2. The number of aliphatic hydroxyl groups is 1. The zero-order chi connectivity index (χ0) is 23.5. The smallest absolute Gasteiger partial charge is 0.144 e. The number of aromatic nitrogens is 1. The van der Waals surface area contributed by atoms with Gasteiger partial charge in [-0.3, -0.25) is 0 Å². The lowest BCUT2D eigenvalue weighted by atomic mass is 10.0. The van der Waals surface area contributed by atoms with Crippen LogP contribution in [0.1, 0.15) is 39.7 Å². The number of halogens is 1. The number of thioether (sulfide) groups is 1. The molecule has 1 atom stereocenters. The number of aryl methyl sites for hydroxylation is 1. The van der Waals surface area contributed by atoms with Crippen molar-refractivity contribution in [3.63, 3.8) is 0 Å². The largest absolute Gasteiger partial charge is 0.488 e. The molecule has 0 saturated carbocycles. The summed E-state index contributed by atoms with van der Waals surface area (Å²) in [5.41, 5.74) is 4.17. The number of ether oxygens (including phenoxy) is 1. The minimum atomic E-state index is -0.0971. The Labute approximate surface area is 205 Å². The lowest BCUT2D eigenvalue weighted by Crippen LogP contribution is -2.14. The van der Waals surface area contributed by atoms with Crippen molar-refractivity contribution in [2.24, 2.45) is 0 Å². The summed E-state index contributed by atoms with van der Waals surface area (Å²) in [5.74, 6) is 2.50. The summed E-state index contributed by atoms with van der Waals surface area (Å²) in [6.07, 6.45) is 2.31. The van der Waals surface area contributed by atoms with Crippen LogP contribution in [0.25, 0.3) is 11.1 Å². The van der Waals surface area contributed by atoms with Gasteiger partial charge in [0.2, 0.25) is 0 Å². The second-order valence-corrected chi connectivity index (χ2v) is 9.27. The molecule has 0 fully saturated rings. The summed E-state index contributed by atoms with van der Waals surface area (Å²) in [6.45, 7) is 10.2. The maximum absolute atomic E-state index is 9.23. The molecule has 2 N–H and O–H groups in total. The molecule has 1 unspecified atom stereocenters. The third-order valence-electron chi connectivity index (χ3n) is 4.55. The summed E-state index contributed by atoms with van der Waals surface area (Å²) in [4.78, 5) is 5.77. The predicted molar refractivity (Wildman–Crippen MR) is 141 cm³/mol. The van der Waals surface area contributed by atoms with E-state index in [1.165, 1.54) is 4.90 Å². The topological polar surface area (TPSA) is 54.4 Å². The molecule has 0 bridgehead atoms. The molecule has 3 rings (SSSR count). The van der Waals surface area contributed by atoms with E-state index in [2.05, 4.69) is 69.6 Å². The van der Waals surface area contributed by atoms with Crippen molar-refractivity contribution in [2.45, 2.75) is 52.0 Å². The summed E-state index contributed by atoms with van der Waals surface area (Å²) in [5, 5.41) is 12.6. The average Bonchev–Trinajstić information content (AvgIpc) is 2.79. The Morgan fingerprint density at radius 3 is 2.56 bits per heavy atom. The van der Waals surface area contributed by atoms with Gasteiger partial charge in [-0.05, 0) is 82.6 Å². The number of pyridine rings is 1. The van der Waals surface area contributed by atoms with Gasteiger partial charge in [0.15, 0.2) is 0 Å². The van der Waals surface area contributed by atoms with Crippen molar-refractivity contribution in [3.8, 4) is 16.9 Å². The Morgan fingerprint density at radius 1 is 1.12 bits per heavy atom. The highest BCUT2D eigenvalue weighted by Gasteiger charge is 2.13. The van der Waals surface area contributed by atoms with E-state index in [9.17, 15) is 5.11 Å². The van der Waals surface area contributed by atoms with Crippen LogP contribution in [0.4, 0.5) is 11.5 Å². The van der Waals surface area contributed by atoms with Gasteiger partial charge in [-0.15, -0.1) is 11.8 Å². The van der Waals surface area contributed by atoms with E-state index in [0.29, 0.717) is 6.42 Å². The number of rotatable bonds is 9. The molecule has 1 heterocycles. The van der Waals surface area contributed by atoms with Gasteiger partial charge >= 0.3 is 0 Å². The number of hydrogen-bond acceptors (Lipinski definition) is 5. The zero-order valence-electron chi connectivity index (χ0n) is 19.5. The van der Waals surface area contributed by atoms with Crippen molar-refractivity contribution < 1.29 is 9.84 Å². The second-order valence-electron chi connectivity index (χ2n) is 7.08. The highest BCUT2D eigenvalue weighted by molar-refractivity contribution is 9.10. The molecule has 4 nitrogen and oxygen atoms in total. The van der Waals surface area contributed by atoms with Crippen LogP contribution in [0.2, 0.25) is 0 Å². The van der Waals surface area contributed by atoms with Gasteiger partial charge in [-0.1, -0.05) is 39.0 Å². The van der Waals surface area contributed by atoms with Crippen molar-refractivity contribution >= 4 is 39.2 Å². The minimum absolute atomic E-state index is 0.0922. The maximum Gasteiger partial charge on any atom is 0.144 e. The molecular formula is C26H33BrN2O2S. The molecule has 0 spiro atoms. The SMILES string of the molecule is CC.CCSc1cccc(-c2ccc(OC(C)CCO)c(Nc3ncc(C)cc3Br)c2)c1. The molecule has 0 radical (unpaired) electrons. The Bertz CT molecular complexity index is 997. The van der Waals surface area contributed by atoms with Crippen molar-refractivity contribution in [1.82, 2.24) is 4.98 Å². The predicted octanol–water partition coefficient (Wildman–Crippen LogP) is 7.85. The Morgan fingerprint density at radius 2 is 1.88 bits per heavy atom. The Kier molecular flexibility index (Phi) is 11.1. The summed E-state index contributed by atoms with van der Waals surface area (Å²) in [6, 6.07) is 16.7. The zero-order valence-corrected chi connectivity index (χ0v) is 21.9. The minimum Gasteiger partial charge on any atom is -0.488 e. The van der Waals surface area contributed by atoms with Crippen molar-refractivity contribution in [2.75, 3.05) is 17.7 Å². The highest BCUT2D eigenvalue weighted by Crippen LogP contribution is 2.36. The molecule has 32 heavy (non-hydrogen) atoms. The van der Waals surface area contributed by atoms with Gasteiger partial charge in [0.1, 0.15) is 11.6 Å². The Hall–Kier alpha value is -2.02. The maximum atomic E-state index is 9.23. The Balaban J connectivity index is 0.00000176. The molecule has 0 saturated heterocycles. The van der Waals surface area contributed by atoms with Crippen LogP contribution in [0.3, 0.4) is 0 Å². The van der Waals surface area contributed by atoms with Crippen LogP contribution in [-0.2, 0) is 0 Å². The fraction of sp³-hybridized carbons (Fsp3) is 0.346. The summed E-state index contributed by atoms with van der Waals surface area (Å²) in [7, 11) is 0. The van der Waals surface area contributed by atoms with Gasteiger partial charge in [0, 0.05) is 24.1 Å². The first kappa shape index (κ1) is 26.2. The van der Waals surface area contributed by atoms with E-state index in [0.717, 1.165) is 44.2 Å². The van der Waals surface area contributed by atoms with Gasteiger partial charge < -0.3 is 15.2 Å². The van der Waals surface area contributed by atoms with E-state index < -0.39 is 0 Å². The summed E-state index contributed by atoms with van der Waals surface area (Å²) >= 11 is 5.42. The first-order valence-corrected chi connectivity index (χ1v) is 12.8. The van der Waals surface area contributed by atoms with Gasteiger partial charge in [0.05, 0.1) is 16.3 Å². The third kappa shape index (κ3) is 7.54. The second kappa shape index (κ2) is 13.5. The molecule has 0 aliphatic carbocycles. The molecule has 0 aliphatic heterocycles. The van der Waals surface area contributed by atoms with E-state index in [-0.39, 0.29) is 12.7 Å². The van der Waals surface area contributed by atoms with Crippen molar-refractivity contribution in [1.29, 1.82) is 0 Å².